The van der Waals surface area contributed by atoms with Gasteiger partial charge in [0.25, 0.3) is 20.2 Å². The van der Waals surface area contributed by atoms with E-state index in [1.54, 1.807) is 0 Å². The summed E-state index contributed by atoms with van der Waals surface area (Å²) in [4.78, 5) is -1.15. The maximum Gasteiger partial charge on any atom is 0.294 e. The number of hydrogen-bond acceptors (Lipinski definition) is 4. The average Bonchev–Trinajstić information content (AvgIpc) is 2.31. The number of benzene rings is 1. The molecule has 0 aromatic heterocycles. The van der Waals surface area contributed by atoms with Crippen LogP contribution in [0, 0.1) is 6.92 Å². The minimum absolute atomic E-state index is 0.290. The van der Waals surface area contributed by atoms with Crippen LogP contribution in [0.3, 0.4) is 0 Å². The molecule has 0 atom stereocenters. The van der Waals surface area contributed by atoms with Crippen molar-refractivity contribution in [3.8, 4) is 0 Å². The largest absolute Gasteiger partial charge is 0.294 e. The summed E-state index contributed by atoms with van der Waals surface area (Å²) in [5.41, 5.74) is 0.290. The standard InChI is InChI=1S/C7H8O6S2.2C2H6/c1-5-2-6(14(8,9)10)4-7(3-5)15(11,12)13;2*1-2/h2-4H,1H3,(H,8,9,10)(H,11,12,13);2*1-2H3. The molecule has 1 aromatic carbocycles. The summed E-state index contributed by atoms with van der Waals surface area (Å²) in [6.45, 7) is 9.43. The lowest BCUT2D eigenvalue weighted by Gasteiger charge is -2.02. The Kier molecular flexibility index (Phi) is 8.85. The van der Waals surface area contributed by atoms with Gasteiger partial charge in [0, 0.05) is 0 Å². The molecule has 0 spiro atoms. The summed E-state index contributed by atoms with van der Waals surface area (Å²) >= 11 is 0. The SMILES string of the molecule is CC.CC.Cc1cc(S(=O)(=O)O)cc(S(=O)(=O)O)c1. The maximum absolute atomic E-state index is 10.7. The van der Waals surface area contributed by atoms with E-state index >= 15 is 0 Å². The molecule has 0 aliphatic carbocycles. The summed E-state index contributed by atoms with van der Waals surface area (Å²) in [6.07, 6.45) is 0. The van der Waals surface area contributed by atoms with Gasteiger partial charge in [-0.1, -0.05) is 27.7 Å². The van der Waals surface area contributed by atoms with Crippen LogP contribution in [0.1, 0.15) is 33.3 Å². The molecular formula is C11H20O6S2. The molecule has 0 amide bonds. The van der Waals surface area contributed by atoms with Crippen molar-refractivity contribution in [2.24, 2.45) is 0 Å². The summed E-state index contributed by atoms with van der Waals surface area (Å²) in [5, 5.41) is 0. The number of hydrogen-bond donors (Lipinski definition) is 2. The highest BCUT2D eigenvalue weighted by Gasteiger charge is 2.16. The molecule has 0 radical (unpaired) electrons. The van der Waals surface area contributed by atoms with E-state index in [0.717, 1.165) is 12.1 Å². The van der Waals surface area contributed by atoms with Crippen molar-refractivity contribution in [2.45, 2.75) is 44.4 Å². The second kappa shape index (κ2) is 8.26. The predicted octanol–water partition coefficient (Wildman–Crippen LogP) is 2.54. The Balaban J connectivity index is 0. The second-order valence-electron chi connectivity index (χ2n) is 2.93. The first-order valence-corrected chi connectivity index (χ1v) is 8.55. The fourth-order valence-corrected chi connectivity index (χ4v) is 2.31. The molecule has 0 saturated carbocycles. The van der Waals surface area contributed by atoms with Gasteiger partial charge in [-0.25, -0.2) is 0 Å². The molecule has 0 unspecified atom stereocenters. The molecule has 0 saturated heterocycles. The van der Waals surface area contributed by atoms with Crippen molar-refractivity contribution in [1.29, 1.82) is 0 Å². The van der Waals surface area contributed by atoms with E-state index in [4.69, 9.17) is 9.11 Å². The van der Waals surface area contributed by atoms with Gasteiger partial charge in [-0.3, -0.25) is 9.11 Å². The first kappa shape index (κ1) is 20.4. The molecule has 1 rings (SSSR count). The van der Waals surface area contributed by atoms with Crippen LogP contribution in [0.4, 0.5) is 0 Å². The predicted molar refractivity (Wildman–Crippen MR) is 73.5 cm³/mol. The zero-order valence-electron chi connectivity index (χ0n) is 11.6. The Hall–Kier alpha value is -0.960. The molecule has 112 valence electrons. The smallest absolute Gasteiger partial charge is 0.282 e. The zero-order valence-corrected chi connectivity index (χ0v) is 13.2. The lowest BCUT2D eigenvalue weighted by atomic mass is 10.2. The molecule has 0 aliphatic heterocycles. The minimum Gasteiger partial charge on any atom is -0.282 e. The fraction of sp³-hybridized carbons (Fsp3) is 0.455. The summed E-state index contributed by atoms with van der Waals surface area (Å²) in [7, 11) is -8.97. The highest BCUT2D eigenvalue weighted by molar-refractivity contribution is 7.86. The summed E-state index contributed by atoms with van der Waals surface area (Å²) in [5.74, 6) is 0. The van der Waals surface area contributed by atoms with Crippen molar-refractivity contribution >= 4 is 20.2 Å². The van der Waals surface area contributed by atoms with Crippen LogP contribution in [0.15, 0.2) is 28.0 Å². The molecule has 0 heterocycles. The first-order valence-electron chi connectivity index (χ1n) is 5.67. The van der Waals surface area contributed by atoms with Crippen LogP contribution in [0.2, 0.25) is 0 Å². The van der Waals surface area contributed by atoms with E-state index in [-0.39, 0.29) is 5.56 Å². The van der Waals surface area contributed by atoms with E-state index in [0.29, 0.717) is 6.07 Å². The van der Waals surface area contributed by atoms with Crippen molar-refractivity contribution in [3.05, 3.63) is 23.8 Å². The van der Waals surface area contributed by atoms with Gasteiger partial charge >= 0.3 is 0 Å². The molecule has 0 aliphatic rings. The summed E-state index contributed by atoms with van der Waals surface area (Å²) < 4.78 is 60.4. The molecular weight excluding hydrogens is 292 g/mol. The van der Waals surface area contributed by atoms with Crippen LogP contribution in [0.5, 0.6) is 0 Å². The third kappa shape index (κ3) is 7.26. The highest BCUT2D eigenvalue weighted by atomic mass is 32.2. The maximum atomic E-state index is 10.7. The normalized spacial score (nSPS) is 10.7. The van der Waals surface area contributed by atoms with Crippen LogP contribution in [0.25, 0.3) is 0 Å². The van der Waals surface area contributed by atoms with E-state index in [1.807, 2.05) is 27.7 Å². The summed E-state index contributed by atoms with van der Waals surface area (Å²) in [6, 6.07) is 2.85. The van der Waals surface area contributed by atoms with Gasteiger partial charge in [0.05, 0.1) is 9.79 Å². The Morgan fingerprint density at radius 1 is 0.737 bits per heavy atom. The average molecular weight is 312 g/mol. The molecule has 2 N–H and O–H groups in total. The van der Waals surface area contributed by atoms with Crippen molar-refractivity contribution in [3.63, 3.8) is 0 Å². The monoisotopic (exact) mass is 312 g/mol. The third-order valence-electron chi connectivity index (χ3n) is 1.62. The van der Waals surface area contributed by atoms with Gasteiger partial charge in [0.1, 0.15) is 0 Å². The van der Waals surface area contributed by atoms with Gasteiger partial charge in [-0.2, -0.15) is 16.8 Å². The Morgan fingerprint density at radius 3 is 1.21 bits per heavy atom. The van der Waals surface area contributed by atoms with Gasteiger partial charge in [-0.05, 0) is 30.7 Å². The van der Waals surface area contributed by atoms with Crippen LogP contribution >= 0.6 is 0 Å². The first-order chi connectivity index (χ1) is 8.60. The van der Waals surface area contributed by atoms with Gasteiger partial charge in [-0.15, -0.1) is 0 Å². The Labute approximate surface area is 115 Å². The second-order valence-corrected chi connectivity index (χ2v) is 5.77. The topological polar surface area (TPSA) is 109 Å². The molecule has 1 aromatic rings. The van der Waals surface area contributed by atoms with Crippen molar-refractivity contribution in [2.75, 3.05) is 0 Å². The third-order valence-corrected chi connectivity index (χ3v) is 3.28. The van der Waals surface area contributed by atoms with Gasteiger partial charge < -0.3 is 0 Å². The molecule has 8 heteroatoms. The van der Waals surface area contributed by atoms with E-state index in [9.17, 15) is 16.8 Å². The van der Waals surface area contributed by atoms with Gasteiger partial charge in [0.2, 0.25) is 0 Å². The van der Waals surface area contributed by atoms with E-state index in [2.05, 4.69) is 0 Å². The lowest BCUT2D eigenvalue weighted by Crippen LogP contribution is -2.03. The molecule has 19 heavy (non-hydrogen) atoms. The fourth-order valence-electron chi connectivity index (χ4n) is 1.01. The van der Waals surface area contributed by atoms with E-state index < -0.39 is 30.0 Å². The molecule has 0 fully saturated rings. The van der Waals surface area contributed by atoms with Crippen molar-refractivity contribution in [1.82, 2.24) is 0 Å². The molecule has 0 bridgehead atoms. The lowest BCUT2D eigenvalue weighted by molar-refractivity contribution is 0.481. The van der Waals surface area contributed by atoms with E-state index in [1.165, 1.54) is 6.92 Å². The Bertz CT molecular complexity index is 537. The van der Waals surface area contributed by atoms with Gasteiger partial charge in [0.15, 0.2) is 0 Å². The zero-order chi connectivity index (χ0) is 15.9. The molecule has 6 nitrogen and oxygen atoms in total. The van der Waals surface area contributed by atoms with Crippen LogP contribution < -0.4 is 0 Å². The number of aryl methyl sites for hydroxylation is 1. The highest BCUT2D eigenvalue weighted by Crippen LogP contribution is 2.18. The minimum atomic E-state index is -4.48. The van der Waals surface area contributed by atoms with Crippen molar-refractivity contribution < 1.29 is 25.9 Å². The number of rotatable bonds is 2. The van der Waals surface area contributed by atoms with Crippen LogP contribution in [-0.2, 0) is 20.2 Å². The van der Waals surface area contributed by atoms with Crippen LogP contribution in [-0.4, -0.2) is 25.9 Å². The Morgan fingerprint density at radius 2 is 1.00 bits per heavy atom. The quantitative estimate of drug-likeness (QED) is 0.812.